The lowest BCUT2D eigenvalue weighted by atomic mass is 10.1. The van der Waals surface area contributed by atoms with Gasteiger partial charge in [-0.1, -0.05) is 5.16 Å². The average molecular weight is 254 g/mol. The molecule has 18 heavy (non-hydrogen) atoms. The fourth-order valence-corrected chi connectivity index (χ4v) is 2.47. The minimum absolute atomic E-state index is 0.264. The van der Waals surface area contributed by atoms with E-state index in [1.807, 2.05) is 6.92 Å². The van der Waals surface area contributed by atoms with Crippen LogP contribution in [0.2, 0.25) is 0 Å². The SMILES string of the molecule is COCCNC[C@H]1C[C@@H](c2nc(C)no2)N(C)C1. The van der Waals surface area contributed by atoms with Gasteiger partial charge in [0.25, 0.3) is 0 Å². The van der Waals surface area contributed by atoms with Crippen molar-refractivity contribution in [1.29, 1.82) is 0 Å². The third kappa shape index (κ3) is 3.28. The van der Waals surface area contributed by atoms with Crippen LogP contribution in [0.1, 0.15) is 24.2 Å². The van der Waals surface area contributed by atoms with Crippen LogP contribution >= 0.6 is 0 Å². The van der Waals surface area contributed by atoms with Crippen LogP contribution in [0.3, 0.4) is 0 Å². The Hall–Kier alpha value is -0.980. The van der Waals surface area contributed by atoms with Crippen LogP contribution in [0.4, 0.5) is 0 Å². The summed E-state index contributed by atoms with van der Waals surface area (Å²) in [5, 5.41) is 7.27. The molecule has 0 spiro atoms. The van der Waals surface area contributed by atoms with E-state index in [-0.39, 0.29) is 6.04 Å². The van der Waals surface area contributed by atoms with Crippen LogP contribution in [-0.2, 0) is 4.74 Å². The molecule has 2 heterocycles. The Balaban J connectivity index is 1.81. The summed E-state index contributed by atoms with van der Waals surface area (Å²) in [4.78, 5) is 6.61. The van der Waals surface area contributed by atoms with E-state index < -0.39 is 0 Å². The van der Waals surface area contributed by atoms with Crippen molar-refractivity contribution >= 4 is 0 Å². The lowest BCUT2D eigenvalue weighted by Gasteiger charge is -2.14. The minimum Gasteiger partial charge on any atom is -0.383 e. The number of likely N-dealkylation sites (tertiary alicyclic amines) is 1. The smallest absolute Gasteiger partial charge is 0.243 e. The summed E-state index contributed by atoms with van der Waals surface area (Å²) in [5.74, 6) is 2.08. The van der Waals surface area contributed by atoms with Gasteiger partial charge in [-0.25, -0.2) is 0 Å². The maximum atomic E-state index is 5.27. The first kappa shape index (κ1) is 13.5. The van der Waals surface area contributed by atoms with Gasteiger partial charge in [-0.3, -0.25) is 4.90 Å². The Morgan fingerprint density at radius 1 is 1.56 bits per heavy atom. The van der Waals surface area contributed by atoms with Gasteiger partial charge in [0.15, 0.2) is 5.82 Å². The summed E-state index contributed by atoms with van der Waals surface area (Å²) in [7, 11) is 3.83. The van der Waals surface area contributed by atoms with E-state index in [9.17, 15) is 0 Å². The molecule has 0 saturated carbocycles. The molecule has 0 radical (unpaired) electrons. The van der Waals surface area contributed by atoms with Gasteiger partial charge < -0.3 is 14.6 Å². The molecular formula is C12H22N4O2. The Labute approximate surface area is 108 Å². The summed E-state index contributed by atoms with van der Waals surface area (Å²) in [6.07, 6.45) is 1.07. The summed E-state index contributed by atoms with van der Waals surface area (Å²) < 4.78 is 10.3. The van der Waals surface area contributed by atoms with Crippen molar-refractivity contribution in [2.75, 3.05) is 40.4 Å². The van der Waals surface area contributed by atoms with Crippen molar-refractivity contribution in [3.63, 3.8) is 0 Å². The van der Waals surface area contributed by atoms with Gasteiger partial charge in [0.2, 0.25) is 5.89 Å². The van der Waals surface area contributed by atoms with E-state index in [0.717, 1.165) is 38.6 Å². The topological polar surface area (TPSA) is 63.4 Å². The first-order valence-corrected chi connectivity index (χ1v) is 6.40. The van der Waals surface area contributed by atoms with Crippen molar-refractivity contribution in [3.05, 3.63) is 11.7 Å². The molecule has 0 aliphatic carbocycles. The van der Waals surface area contributed by atoms with Gasteiger partial charge in [-0.2, -0.15) is 4.98 Å². The molecule has 1 aliphatic heterocycles. The van der Waals surface area contributed by atoms with Crippen molar-refractivity contribution in [3.8, 4) is 0 Å². The van der Waals surface area contributed by atoms with E-state index in [4.69, 9.17) is 9.26 Å². The number of hydrogen-bond acceptors (Lipinski definition) is 6. The number of hydrogen-bond donors (Lipinski definition) is 1. The normalized spacial score (nSPS) is 24.8. The van der Waals surface area contributed by atoms with Gasteiger partial charge in [0, 0.05) is 20.2 Å². The Morgan fingerprint density at radius 2 is 2.39 bits per heavy atom. The number of aryl methyl sites for hydroxylation is 1. The maximum absolute atomic E-state index is 5.27. The number of ether oxygens (including phenoxy) is 1. The standard InChI is InChI=1S/C12H22N4O2/c1-9-14-12(18-15-9)11-6-10(8-16(11)2)7-13-4-5-17-3/h10-11,13H,4-8H2,1-3H3/t10-,11+/m1/s1. The molecule has 0 aromatic carbocycles. The monoisotopic (exact) mass is 254 g/mol. The van der Waals surface area contributed by atoms with Gasteiger partial charge in [0.1, 0.15) is 0 Å². The predicted molar refractivity (Wildman–Crippen MR) is 67.3 cm³/mol. The molecule has 1 fully saturated rings. The van der Waals surface area contributed by atoms with Crippen molar-refractivity contribution in [1.82, 2.24) is 20.4 Å². The summed E-state index contributed by atoms with van der Waals surface area (Å²) in [5.41, 5.74) is 0. The van der Waals surface area contributed by atoms with E-state index in [0.29, 0.717) is 11.7 Å². The Bertz CT molecular complexity index is 369. The second-order valence-corrected chi connectivity index (χ2v) is 4.93. The van der Waals surface area contributed by atoms with E-state index >= 15 is 0 Å². The summed E-state index contributed by atoms with van der Waals surface area (Å²) in [6.45, 7) is 5.59. The molecule has 2 atom stereocenters. The van der Waals surface area contributed by atoms with Gasteiger partial charge in [0.05, 0.1) is 12.6 Å². The second-order valence-electron chi connectivity index (χ2n) is 4.93. The van der Waals surface area contributed by atoms with Crippen molar-refractivity contribution in [2.24, 2.45) is 5.92 Å². The zero-order valence-electron chi connectivity index (χ0n) is 11.3. The number of nitrogens with one attached hydrogen (secondary N) is 1. The summed E-state index contributed by atoms with van der Waals surface area (Å²) >= 11 is 0. The fourth-order valence-electron chi connectivity index (χ4n) is 2.47. The van der Waals surface area contributed by atoms with Crippen LogP contribution in [0.25, 0.3) is 0 Å². The molecule has 0 bridgehead atoms. The molecule has 1 aromatic rings. The van der Waals surface area contributed by atoms with E-state index in [2.05, 4.69) is 27.4 Å². The first-order valence-electron chi connectivity index (χ1n) is 6.40. The first-order chi connectivity index (χ1) is 8.70. The van der Waals surface area contributed by atoms with Gasteiger partial charge in [-0.15, -0.1) is 0 Å². The minimum atomic E-state index is 0.264. The van der Waals surface area contributed by atoms with E-state index in [1.165, 1.54) is 0 Å². The molecule has 1 aliphatic rings. The number of rotatable bonds is 6. The lowest BCUT2D eigenvalue weighted by molar-refractivity contribution is 0.198. The molecule has 1 N–H and O–H groups in total. The van der Waals surface area contributed by atoms with Crippen LogP contribution in [0.15, 0.2) is 4.52 Å². The lowest BCUT2D eigenvalue weighted by Crippen LogP contribution is -2.27. The zero-order valence-corrected chi connectivity index (χ0v) is 11.3. The van der Waals surface area contributed by atoms with Crippen LogP contribution in [0, 0.1) is 12.8 Å². The molecule has 6 nitrogen and oxygen atoms in total. The van der Waals surface area contributed by atoms with Crippen molar-refractivity contribution in [2.45, 2.75) is 19.4 Å². The fraction of sp³-hybridized carbons (Fsp3) is 0.833. The van der Waals surface area contributed by atoms with Gasteiger partial charge in [-0.05, 0) is 32.9 Å². The molecule has 102 valence electrons. The third-order valence-corrected chi connectivity index (χ3v) is 3.38. The molecule has 6 heteroatoms. The zero-order chi connectivity index (χ0) is 13.0. The number of nitrogens with zero attached hydrogens (tertiary/aromatic N) is 3. The molecule has 1 aromatic heterocycles. The molecule has 0 amide bonds. The molecular weight excluding hydrogens is 232 g/mol. The Kier molecular flexibility index (Phi) is 4.68. The average Bonchev–Trinajstić information content (AvgIpc) is 2.91. The molecule has 2 rings (SSSR count). The second kappa shape index (κ2) is 6.26. The number of aromatic nitrogens is 2. The predicted octanol–water partition coefficient (Wildman–Crippen LogP) is 0.607. The van der Waals surface area contributed by atoms with E-state index in [1.54, 1.807) is 7.11 Å². The highest BCUT2D eigenvalue weighted by Crippen LogP contribution is 2.32. The Morgan fingerprint density at radius 3 is 3.06 bits per heavy atom. The highest BCUT2D eigenvalue weighted by Gasteiger charge is 2.33. The van der Waals surface area contributed by atoms with Crippen LogP contribution in [0.5, 0.6) is 0 Å². The largest absolute Gasteiger partial charge is 0.383 e. The quantitative estimate of drug-likeness (QED) is 0.750. The van der Waals surface area contributed by atoms with Crippen LogP contribution in [-0.4, -0.2) is 55.4 Å². The van der Waals surface area contributed by atoms with Crippen LogP contribution < -0.4 is 5.32 Å². The third-order valence-electron chi connectivity index (χ3n) is 3.38. The van der Waals surface area contributed by atoms with Gasteiger partial charge >= 0.3 is 0 Å². The highest BCUT2D eigenvalue weighted by atomic mass is 16.5. The molecule has 0 unspecified atom stereocenters. The molecule has 1 saturated heterocycles. The number of methoxy groups -OCH3 is 1. The summed E-state index contributed by atoms with van der Waals surface area (Å²) in [6, 6.07) is 0.264. The maximum Gasteiger partial charge on any atom is 0.243 e. The highest BCUT2D eigenvalue weighted by molar-refractivity contribution is 4.97. The van der Waals surface area contributed by atoms with Crippen molar-refractivity contribution < 1.29 is 9.26 Å².